The quantitative estimate of drug-likeness (QED) is 0.758. The van der Waals surface area contributed by atoms with Crippen LogP contribution in [0.25, 0.3) is 0 Å². The number of benzene rings is 1. The average Bonchev–Trinajstić information content (AvgIpc) is 2.55. The number of anilines is 1. The van der Waals surface area contributed by atoms with Gasteiger partial charge >= 0.3 is 0 Å². The number of rotatable bonds is 5. The number of carbonyl (C=O) groups excluding carboxylic acids is 2. The second-order valence-electron chi connectivity index (χ2n) is 6.46. The molecule has 1 unspecified atom stereocenters. The van der Waals surface area contributed by atoms with E-state index in [2.05, 4.69) is 16.0 Å². The Morgan fingerprint density at radius 2 is 2.17 bits per heavy atom. The Morgan fingerprint density at radius 3 is 2.75 bits per heavy atom. The second kappa shape index (κ2) is 7.96. The summed E-state index contributed by atoms with van der Waals surface area (Å²) >= 11 is 6.21. The summed E-state index contributed by atoms with van der Waals surface area (Å²) in [5, 5.41) is 9.10. The largest absolute Gasteiger partial charge is 0.378 e. The fourth-order valence-corrected chi connectivity index (χ4v) is 2.47. The molecule has 1 aromatic carbocycles. The molecule has 24 heavy (non-hydrogen) atoms. The van der Waals surface area contributed by atoms with Crippen LogP contribution in [0.4, 0.5) is 5.69 Å². The number of nitrogens with one attached hydrogen (secondary N) is 3. The highest BCUT2D eigenvalue weighted by Gasteiger charge is 2.23. The zero-order valence-corrected chi connectivity index (χ0v) is 15.0. The van der Waals surface area contributed by atoms with Gasteiger partial charge in [-0.05, 0) is 38.5 Å². The van der Waals surface area contributed by atoms with Gasteiger partial charge in [-0.25, -0.2) is 0 Å². The lowest BCUT2D eigenvalue weighted by Gasteiger charge is -2.25. The predicted octanol–water partition coefficient (Wildman–Crippen LogP) is 2.19. The molecule has 0 aromatic heterocycles. The highest BCUT2D eigenvalue weighted by molar-refractivity contribution is 6.34. The number of morpholine rings is 1. The molecule has 6 nitrogen and oxygen atoms in total. The van der Waals surface area contributed by atoms with Crippen LogP contribution in [0.2, 0.25) is 5.02 Å². The smallest absolute Gasteiger partial charge is 0.253 e. The molecule has 7 heteroatoms. The van der Waals surface area contributed by atoms with Gasteiger partial charge in [0.15, 0.2) is 0 Å². The first kappa shape index (κ1) is 18.7. The molecule has 1 aliphatic rings. The van der Waals surface area contributed by atoms with Crippen LogP contribution in [0.5, 0.6) is 0 Å². The summed E-state index contributed by atoms with van der Waals surface area (Å²) in [7, 11) is 0. The van der Waals surface area contributed by atoms with Crippen molar-refractivity contribution in [2.24, 2.45) is 0 Å². The normalized spacial score (nSPS) is 18.1. The number of ether oxygens (including phenoxy) is 1. The summed E-state index contributed by atoms with van der Waals surface area (Å²) in [6.07, 6.45) is 0.807. The van der Waals surface area contributed by atoms with Crippen molar-refractivity contribution in [2.45, 2.75) is 38.8 Å². The summed E-state index contributed by atoms with van der Waals surface area (Å²) in [5.74, 6) is -0.415. The van der Waals surface area contributed by atoms with Crippen molar-refractivity contribution in [3.63, 3.8) is 0 Å². The predicted molar refractivity (Wildman–Crippen MR) is 94.5 cm³/mol. The van der Waals surface area contributed by atoms with Gasteiger partial charge in [0.25, 0.3) is 5.91 Å². The van der Waals surface area contributed by atoms with Crippen LogP contribution < -0.4 is 16.0 Å². The summed E-state index contributed by atoms with van der Waals surface area (Å²) < 4.78 is 5.27. The highest BCUT2D eigenvalue weighted by atomic mass is 35.5. The van der Waals surface area contributed by atoms with Crippen LogP contribution in [0.1, 0.15) is 37.6 Å². The van der Waals surface area contributed by atoms with E-state index in [-0.39, 0.29) is 23.4 Å². The van der Waals surface area contributed by atoms with Crippen molar-refractivity contribution < 1.29 is 14.3 Å². The van der Waals surface area contributed by atoms with Gasteiger partial charge in [-0.15, -0.1) is 0 Å². The third-order valence-electron chi connectivity index (χ3n) is 4.06. The lowest BCUT2D eigenvalue weighted by molar-refractivity contribution is -0.120. The highest BCUT2D eigenvalue weighted by Crippen LogP contribution is 2.22. The number of halogens is 1. The molecule has 0 radical (unpaired) electrons. The minimum Gasteiger partial charge on any atom is -0.378 e. The SMILES string of the molecule is CCC(C)(C)NC(=O)c1ccc(NC(=O)C2COCCN2)cc1Cl. The van der Waals surface area contributed by atoms with Crippen molar-refractivity contribution in [1.29, 1.82) is 0 Å². The fourth-order valence-electron chi connectivity index (χ4n) is 2.20. The van der Waals surface area contributed by atoms with E-state index in [1.54, 1.807) is 18.2 Å². The van der Waals surface area contributed by atoms with E-state index in [0.29, 0.717) is 36.0 Å². The van der Waals surface area contributed by atoms with Gasteiger partial charge in [-0.1, -0.05) is 18.5 Å². The van der Waals surface area contributed by atoms with Crippen LogP contribution in [0, 0.1) is 0 Å². The molecule has 1 fully saturated rings. The van der Waals surface area contributed by atoms with E-state index in [4.69, 9.17) is 16.3 Å². The topological polar surface area (TPSA) is 79.5 Å². The van der Waals surface area contributed by atoms with Crippen molar-refractivity contribution in [1.82, 2.24) is 10.6 Å². The Bertz CT molecular complexity index is 613. The molecule has 132 valence electrons. The molecule has 0 spiro atoms. The molecule has 2 rings (SSSR count). The zero-order valence-electron chi connectivity index (χ0n) is 14.2. The third kappa shape index (κ3) is 4.93. The fraction of sp³-hybridized carbons (Fsp3) is 0.529. The average molecular weight is 354 g/mol. The molecule has 1 atom stereocenters. The zero-order chi connectivity index (χ0) is 17.7. The van der Waals surface area contributed by atoms with Gasteiger partial charge in [0.2, 0.25) is 5.91 Å². The van der Waals surface area contributed by atoms with Gasteiger partial charge < -0.3 is 20.7 Å². The van der Waals surface area contributed by atoms with Gasteiger partial charge in [-0.2, -0.15) is 0 Å². The van der Waals surface area contributed by atoms with Crippen LogP contribution >= 0.6 is 11.6 Å². The minimum atomic E-state index is -0.383. The van der Waals surface area contributed by atoms with Gasteiger partial charge in [0.1, 0.15) is 6.04 Å². The molecule has 1 saturated heterocycles. The Kier molecular flexibility index (Phi) is 6.21. The van der Waals surface area contributed by atoms with Crippen LogP contribution in [0.15, 0.2) is 18.2 Å². The van der Waals surface area contributed by atoms with Crippen molar-refractivity contribution in [3.8, 4) is 0 Å². The summed E-state index contributed by atoms with van der Waals surface area (Å²) in [4.78, 5) is 24.5. The molecule has 0 saturated carbocycles. The van der Waals surface area contributed by atoms with E-state index < -0.39 is 0 Å². The summed E-state index contributed by atoms with van der Waals surface area (Å²) in [6, 6.07) is 4.48. The van der Waals surface area contributed by atoms with Gasteiger partial charge in [0, 0.05) is 17.8 Å². The molecule has 2 amide bonds. The first-order chi connectivity index (χ1) is 11.3. The van der Waals surface area contributed by atoms with Crippen LogP contribution in [-0.2, 0) is 9.53 Å². The summed E-state index contributed by atoms with van der Waals surface area (Å²) in [5.41, 5.74) is 0.624. The maximum absolute atomic E-state index is 12.3. The van der Waals surface area contributed by atoms with E-state index in [0.717, 1.165) is 6.42 Å². The number of hydrogen-bond acceptors (Lipinski definition) is 4. The monoisotopic (exact) mass is 353 g/mol. The van der Waals surface area contributed by atoms with Crippen molar-refractivity contribution in [2.75, 3.05) is 25.1 Å². The van der Waals surface area contributed by atoms with E-state index in [1.165, 1.54) is 0 Å². The molecule has 1 aromatic rings. The Labute approximate surface area is 147 Å². The molecule has 1 aliphatic heterocycles. The molecular weight excluding hydrogens is 330 g/mol. The standard InChI is InChI=1S/C17H24ClN3O3/c1-4-17(2,3)21-15(22)12-6-5-11(9-13(12)18)20-16(23)14-10-24-8-7-19-14/h5-6,9,14,19H,4,7-8,10H2,1-3H3,(H,20,23)(H,21,22). The first-order valence-electron chi connectivity index (χ1n) is 8.06. The minimum absolute atomic E-state index is 0.185. The van der Waals surface area contributed by atoms with E-state index in [9.17, 15) is 9.59 Å². The van der Waals surface area contributed by atoms with E-state index in [1.807, 2.05) is 20.8 Å². The number of amides is 2. The third-order valence-corrected chi connectivity index (χ3v) is 4.37. The molecule has 3 N–H and O–H groups in total. The molecule has 0 aliphatic carbocycles. The van der Waals surface area contributed by atoms with Crippen LogP contribution in [0.3, 0.4) is 0 Å². The van der Waals surface area contributed by atoms with Crippen LogP contribution in [-0.4, -0.2) is 43.2 Å². The molecular formula is C17H24ClN3O3. The number of hydrogen-bond donors (Lipinski definition) is 3. The van der Waals surface area contributed by atoms with Crippen molar-refractivity contribution >= 4 is 29.1 Å². The van der Waals surface area contributed by atoms with E-state index >= 15 is 0 Å². The maximum atomic E-state index is 12.3. The van der Waals surface area contributed by atoms with Gasteiger partial charge in [0.05, 0.1) is 23.8 Å². The first-order valence-corrected chi connectivity index (χ1v) is 8.44. The Hall–Kier alpha value is -1.63. The molecule has 0 bridgehead atoms. The lowest BCUT2D eigenvalue weighted by Crippen LogP contribution is -2.48. The summed E-state index contributed by atoms with van der Waals surface area (Å²) in [6.45, 7) is 7.49. The second-order valence-corrected chi connectivity index (χ2v) is 6.86. The Balaban J connectivity index is 2.03. The lowest BCUT2D eigenvalue weighted by atomic mass is 10.0. The molecule has 1 heterocycles. The maximum Gasteiger partial charge on any atom is 0.253 e. The van der Waals surface area contributed by atoms with Crippen molar-refractivity contribution in [3.05, 3.63) is 28.8 Å². The Morgan fingerprint density at radius 1 is 1.42 bits per heavy atom. The van der Waals surface area contributed by atoms with Gasteiger partial charge in [-0.3, -0.25) is 9.59 Å². The number of carbonyl (C=O) groups is 2.